The van der Waals surface area contributed by atoms with Crippen molar-refractivity contribution in [1.29, 1.82) is 5.26 Å². The highest BCUT2D eigenvalue weighted by atomic mass is 127. The van der Waals surface area contributed by atoms with E-state index in [-0.39, 0.29) is 24.0 Å². The second kappa shape index (κ2) is 14.2. The third-order valence-electron chi connectivity index (χ3n) is 5.07. The van der Waals surface area contributed by atoms with Crippen LogP contribution in [-0.4, -0.2) is 35.4 Å². The van der Waals surface area contributed by atoms with E-state index < -0.39 is 0 Å². The SMILES string of the molecule is CCNC(=NCCCc1ccccc1)NCCCc1nn(-c2ccccc2)c(N)c1C#N.I. The number of guanidine groups is 1. The highest BCUT2D eigenvalue weighted by Gasteiger charge is 2.16. The number of halogens is 1. The number of anilines is 1. The molecule has 33 heavy (non-hydrogen) atoms. The Morgan fingerprint density at radius 2 is 1.73 bits per heavy atom. The van der Waals surface area contributed by atoms with Gasteiger partial charge in [0.05, 0.1) is 11.4 Å². The Balaban J connectivity index is 0.00000385. The zero-order valence-electron chi connectivity index (χ0n) is 19.0. The largest absolute Gasteiger partial charge is 0.382 e. The number of para-hydroxylation sites is 1. The minimum absolute atomic E-state index is 0. The fraction of sp³-hybridized carbons (Fsp3) is 0.320. The van der Waals surface area contributed by atoms with Crippen molar-refractivity contribution in [1.82, 2.24) is 20.4 Å². The lowest BCUT2D eigenvalue weighted by molar-refractivity contribution is 0.719. The summed E-state index contributed by atoms with van der Waals surface area (Å²) in [5, 5.41) is 20.8. The molecule has 0 unspecified atom stereocenters. The Morgan fingerprint density at radius 1 is 1.03 bits per heavy atom. The molecule has 0 amide bonds. The molecule has 8 heteroatoms. The number of hydrogen-bond donors (Lipinski definition) is 3. The van der Waals surface area contributed by atoms with Crippen molar-refractivity contribution in [3.63, 3.8) is 0 Å². The molecule has 1 heterocycles. The predicted octanol–water partition coefficient (Wildman–Crippen LogP) is 4.06. The third kappa shape index (κ3) is 7.79. The quantitative estimate of drug-likeness (QED) is 0.151. The first-order chi connectivity index (χ1) is 15.7. The molecule has 0 spiro atoms. The monoisotopic (exact) mass is 557 g/mol. The Morgan fingerprint density at radius 3 is 2.39 bits per heavy atom. The number of nitrogen functional groups attached to an aromatic ring is 1. The van der Waals surface area contributed by atoms with Gasteiger partial charge in [-0.05, 0) is 50.3 Å². The summed E-state index contributed by atoms with van der Waals surface area (Å²) in [6, 6.07) is 22.3. The first kappa shape index (κ1) is 26.2. The summed E-state index contributed by atoms with van der Waals surface area (Å²) in [6.07, 6.45) is 3.50. The maximum atomic E-state index is 9.55. The molecule has 0 saturated carbocycles. The lowest BCUT2D eigenvalue weighted by Crippen LogP contribution is -2.38. The van der Waals surface area contributed by atoms with E-state index in [1.165, 1.54) is 5.56 Å². The van der Waals surface area contributed by atoms with Crippen LogP contribution in [0.3, 0.4) is 0 Å². The molecule has 0 atom stereocenters. The van der Waals surface area contributed by atoms with Crippen LogP contribution in [0.4, 0.5) is 5.82 Å². The molecular weight excluding hydrogens is 525 g/mol. The summed E-state index contributed by atoms with van der Waals surface area (Å²) >= 11 is 0. The van der Waals surface area contributed by atoms with Gasteiger partial charge in [0, 0.05) is 19.6 Å². The van der Waals surface area contributed by atoms with Crippen LogP contribution in [0, 0.1) is 11.3 Å². The number of nitriles is 1. The molecule has 0 fully saturated rings. The zero-order valence-corrected chi connectivity index (χ0v) is 21.3. The van der Waals surface area contributed by atoms with Crippen molar-refractivity contribution in [2.75, 3.05) is 25.4 Å². The van der Waals surface area contributed by atoms with Crippen LogP contribution in [0.15, 0.2) is 65.7 Å². The predicted molar refractivity (Wildman–Crippen MR) is 145 cm³/mol. The Kier molecular flexibility index (Phi) is 11.2. The topological polar surface area (TPSA) is 104 Å². The molecule has 7 nitrogen and oxygen atoms in total. The standard InChI is InChI=1S/C25H31N7.HI/c1-2-28-25(29-17-9-13-20-11-5-3-6-12-20)30-18-10-16-23-22(19-26)24(27)32(31-23)21-14-7-4-8-15-21;/h3-8,11-12,14-15H,2,9-10,13,16-18,27H2,1H3,(H2,28,29,30);1H. The van der Waals surface area contributed by atoms with Gasteiger partial charge in [-0.25, -0.2) is 4.68 Å². The molecule has 0 aliphatic carbocycles. The number of rotatable bonds is 10. The highest BCUT2D eigenvalue weighted by Crippen LogP contribution is 2.21. The minimum atomic E-state index is 0. The number of benzene rings is 2. The van der Waals surface area contributed by atoms with Crippen LogP contribution in [0.2, 0.25) is 0 Å². The summed E-state index contributed by atoms with van der Waals surface area (Å²) in [5.74, 6) is 1.20. The van der Waals surface area contributed by atoms with Gasteiger partial charge in [-0.2, -0.15) is 10.4 Å². The van der Waals surface area contributed by atoms with Gasteiger partial charge in [-0.3, -0.25) is 4.99 Å². The average molecular weight is 557 g/mol. The van der Waals surface area contributed by atoms with Crippen molar-refractivity contribution in [3.05, 3.63) is 77.5 Å². The number of hydrogen-bond acceptors (Lipinski definition) is 4. The maximum Gasteiger partial charge on any atom is 0.191 e. The van der Waals surface area contributed by atoms with Crippen molar-refractivity contribution in [2.24, 2.45) is 4.99 Å². The molecule has 2 aromatic carbocycles. The number of nitrogens with two attached hydrogens (primary N) is 1. The van der Waals surface area contributed by atoms with Crippen LogP contribution in [0.25, 0.3) is 5.69 Å². The summed E-state index contributed by atoms with van der Waals surface area (Å²) in [4.78, 5) is 4.67. The van der Waals surface area contributed by atoms with E-state index in [9.17, 15) is 5.26 Å². The van der Waals surface area contributed by atoms with E-state index in [0.717, 1.165) is 56.2 Å². The van der Waals surface area contributed by atoms with Gasteiger partial charge < -0.3 is 16.4 Å². The summed E-state index contributed by atoms with van der Waals surface area (Å²) in [5.41, 5.74) is 9.54. The van der Waals surface area contributed by atoms with Gasteiger partial charge in [0.15, 0.2) is 5.96 Å². The molecule has 1 aromatic heterocycles. The molecule has 0 radical (unpaired) electrons. The molecule has 0 bridgehead atoms. The van der Waals surface area contributed by atoms with Crippen molar-refractivity contribution < 1.29 is 0 Å². The van der Waals surface area contributed by atoms with E-state index in [0.29, 0.717) is 17.8 Å². The second-order valence-electron chi connectivity index (χ2n) is 7.45. The van der Waals surface area contributed by atoms with Crippen LogP contribution in [-0.2, 0) is 12.8 Å². The Bertz CT molecular complexity index is 1040. The molecule has 0 saturated heterocycles. The van der Waals surface area contributed by atoms with E-state index >= 15 is 0 Å². The van der Waals surface area contributed by atoms with Crippen molar-refractivity contribution in [2.45, 2.75) is 32.6 Å². The van der Waals surface area contributed by atoms with Gasteiger partial charge in [-0.1, -0.05) is 48.5 Å². The Labute approximate surface area is 213 Å². The smallest absolute Gasteiger partial charge is 0.191 e. The number of aryl methyl sites for hydroxylation is 2. The minimum Gasteiger partial charge on any atom is -0.382 e. The van der Waals surface area contributed by atoms with Gasteiger partial charge in [0.1, 0.15) is 17.5 Å². The lowest BCUT2D eigenvalue weighted by Gasteiger charge is -2.11. The summed E-state index contributed by atoms with van der Waals surface area (Å²) in [7, 11) is 0. The van der Waals surface area contributed by atoms with Gasteiger partial charge in [-0.15, -0.1) is 24.0 Å². The van der Waals surface area contributed by atoms with Gasteiger partial charge >= 0.3 is 0 Å². The molecule has 3 aromatic rings. The highest BCUT2D eigenvalue weighted by molar-refractivity contribution is 14.0. The molecule has 0 aliphatic rings. The zero-order chi connectivity index (χ0) is 22.6. The van der Waals surface area contributed by atoms with Crippen LogP contribution >= 0.6 is 24.0 Å². The summed E-state index contributed by atoms with van der Waals surface area (Å²) in [6.45, 7) is 4.36. The average Bonchev–Trinajstić information content (AvgIpc) is 3.15. The van der Waals surface area contributed by atoms with Crippen LogP contribution in [0.5, 0.6) is 0 Å². The number of aromatic nitrogens is 2. The molecule has 4 N–H and O–H groups in total. The Hall–Kier alpha value is -3.06. The van der Waals surface area contributed by atoms with Crippen LogP contribution in [0.1, 0.15) is 36.6 Å². The molecular formula is C25H32IN7. The first-order valence-electron chi connectivity index (χ1n) is 11.1. The van der Waals surface area contributed by atoms with E-state index in [1.807, 2.05) is 36.4 Å². The normalized spacial score (nSPS) is 10.8. The van der Waals surface area contributed by atoms with E-state index in [2.05, 4.69) is 58.0 Å². The molecule has 3 rings (SSSR count). The third-order valence-corrected chi connectivity index (χ3v) is 5.07. The van der Waals surface area contributed by atoms with Gasteiger partial charge in [0.2, 0.25) is 0 Å². The fourth-order valence-electron chi connectivity index (χ4n) is 3.46. The number of aliphatic imine (C=N–C) groups is 1. The molecule has 0 aliphatic heterocycles. The number of nitrogens with zero attached hydrogens (tertiary/aromatic N) is 4. The maximum absolute atomic E-state index is 9.55. The van der Waals surface area contributed by atoms with Crippen LogP contribution < -0.4 is 16.4 Å². The summed E-state index contributed by atoms with van der Waals surface area (Å²) < 4.78 is 1.64. The first-order valence-corrected chi connectivity index (χ1v) is 11.1. The molecule has 174 valence electrons. The van der Waals surface area contributed by atoms with E-state index in [1.54, 1.807) is 4.68 Å². The van der Waals surface area contributed by atoms with Crippen molar-refractivity contribution in [3.8, 4) is 11.8 Å². The van der Waals surface area contributed by atoms with Crippen molar-refractivity contribution >= 4 is 35.8 Å². The second-order valence-corrected chi connectivity index (χ2v) is 7.45. The fourth-order valence-corrected chi connectivity index (χ4v) is 3.46. The van der Waals surface area contributed by atoms with Gasteiger partial charge in [0.25, 0.3) is 0 Å². The number of nitrogens with one attached hydrogen (secondary N) is 2. The lowest BCUT2D eigenvalue weighted by atomic mass is 10.1. The van der Waals surface area contributed by atoms with E-state index in [4.69, 9.17) is 5.73 Å².